The van der Waals surface area contributed by atoms with Gasteiger partial charge in [-0.05, 0) is 48.7 Å². The molecule has 0 radical (unpaired) electrons. The molecule has 1 aromatic heterocycles. The molecular formula is C23H24N2O5. The van der Waals surface area contributed by atoms with Crippen LogP contribution in [-0.2, 0) is 17.9 Å². The lowest BCUT2D eigenvalue weighted by Gasteiger charge is -2.13. The van der Waals surface area contributed by atoms with Crippen molar-refractivity contribution in [2.45, 2.75) is 33.4 Å². The molecule has 1 aliphatic heterocycles. The molecule has 7 heteroatoms. The normalized spacial score (nSPS) is 12.2. The van der Waals surface area contributed by atoms with Gasteiger partial charge in [-0.15, -0.1) is 0 Å². The average Bonchev–Trinajstić information content (AvgIpc) is 3.21. The number of rotatable bonds is 7. The smallest absolute Gasteiger partial charge is 0.258 e. The van der Waals surface area contributed by atoms with Gasteiger partial charge in [0, 0.05) is 30.6 Å². The van der Waals surface area contributed by atoms with Gasteiger partial charge in [-0.3, -0.25) is 9.59 Å². The summed E-state index contributed by atoms with van der Waals surface area (Å²) >= 11 is 0. The van der Waals surface area contributed by atoms with E-state index >= 15 is 0 Å². The van der Waals surface area contributed by atoms with E-state index < -0.39 is 0 Å². The lowest BCUT2D eigenvalue weighted by molar-refractivity contribution is -0.123. The summed E-state index contributed by atoms with van der Waals surface area (Å²) in [6.07, 6.45) is 0.853. The SMILES string of the molecule is CCCn1c(=O)cc(C)c2ccc(OCC(=O)NCc3ccc4c(c3)OCO4)cc21. The Morgan fingerprint density at radius 1 is 1.13 bits per heavy atom. The zero-order valence-electron chi connectivity index (χ0n) is 17.1. The molecule has 3 aromatic rings. The Balaban J connectivity index is 1.41. The van der Waals surface area contributed by atoms with Crippen LogP contribution in [0.25, 0.3) is 10.9 Å². The van der Waals surface area contributed by atoms with Crippen LogP contribution in [0.2, 0.25) is 0 Å². The molecular weight excluding hydrogens is 384 g/mol. The first-order valence-corrected chi connectivity index (χ1v) is 9.97. The summed E-state index contributed by atoms with van der Waals surface area (Å²) in [7, 11) is 0. The molecule has 1 aliphatic rings. The molecule has 156 valence electrons. The maximum atomic E-state index is 12.4. The lowest BCUT2D eigenvalue weighted by Crippen LogP contribution is -2.28. The van der Waals surface area contributed by atoms with Crippen molar-refractivity contribution >= 4 is 16.8 Å². The summed E-state index contributed by atoms with van der Waals surface area (Å²) in [5.41, 5.74) is 2.63. The minimum Gasteiger partial charge on any atom is -0.484 e. The Labute approximate surface area is 174 Å². The van der Waals surface area contributed by atoms with Gasteiger partial charge in [-0.2, -0.15) is 0 Å². The summed E-state index contributed by atoms with van der Waals surface area (Å²) in [6, 6.07) is 12.8. The number of nitrogens with one attached hydrogen (secondary N) is 1. The molecule has 0 spiro atoms. The molecule has 2 heterocycles. The Morgan fingerprint density at radius 2 is 1.97 bits per heavy atom. The standard InChI is InChI=1S/C23H24N2O5/c1-3-8-25-19-11-17(5-6-18(19)15(2)9-23(25)27)28-13-22(26)24-12-16-4-7-20-21(10-16)30-14-29-20/h4-7,9-11H,3,8,12-14H2,1-2H3,(H,24,26). The number of hydrogen-bond acceptors (Lipinski definition) is 5. The first-order chi connectivity index (χ1) is 14.5. The summed E-state index contributed by atoms with van der Waals surface area (Å²) in [6.45, 7) is 5.06. The third-order valence-corrected chi connectivity index (χ3v) is 5.03. The molecule has 0 saturated carbocycles. The molecule has 0 bridgehead atoms. The van der Waals surface area contributed by atoms with Crippen LogP contribution in [0.3, 0.4) is 0 Å². The highest BCUT2D eigenvalue weighted by Crippen LogP contribution is 2.32. The van der Waals surface area contributed by atoms with Crippen LogP contribution in [0, 0.1) is 6.92 Å². The number of carbonyl (C=O) groups excluding carboxylic acids is 1. The summed E-state index contributed by atoms with van der Waals surface area (Å²) in [5.74, 6) is 1.71. The number of hydrogen-bond donors (Lipinski definition) is 1. The van der Waals surface area contributed by atoms with E-state index in [1.807, 2.05) is 50.2 Å². The van der Waals surface area contributed by atoms with E-state index in [0.717, 1.165) is 28.5 Å². The highest BCUT2D eigenvalue weighted by Gasteiger charge is 2.14. The maximum Gasteiger partial charge on any atom is 0.258 e. The molecule has 4 rings (SSSR count). The minimum atomic E-state index is -0.233. The van der Waals surface area contributed by atoms with Gasteiger partial charge in [0.15, 0.2) is 18.1 Å². The van der Waals surface area contributed by atoms with Gasteiger partial charge in [0.1, 0.15) is 5.75 Å². The number of ether oxygens (including phenoxy) is 3. The van der Waals surface area contributed by atoms with Crippen LogP contribution in [0.15, 0.2) is 47.3 Å². The van der Waals surface area contributed by atoms with Gasteiger partial charge >= 0.3 is 0 Å². The zero-order chi connectivity index (χ0) is 21.1. The van der Waals surface area contributed by atoms with Crippen molar-refractivity contribution < 1.29 is 19.0 Å². The largest absolute Gasteiger partial charge is 0.484 e. The number of aryl methyl sites for hydroxylation is 2. The summed E-state index contributed by atoms with van der Waals surface area (Å²) < 4.78 is 18.1. The highest BCUT2D eigenvalue weighted by atomic mass is 16.7. The second-order valence-electron chi connectivity index (χ2n) is 7.25. The molecule has 7 nitrogen and oxygen atoms in total. The molecule has 0 atom stereocenters. The van der Waals surface area contributed by atoms with Crippen LogP contribution in [-0.4, -0.2) is 23.9 Å². The fraction of sp³-hybridized carbons (Fsp3) is 0.304. The third kappa shape index (κ3) is 4.10. The van der Waals surface area contributed by atoms with E-state index in [1.54, 1.807) is 10.6 Å². The number of benzene rings is 2. The number of pyridine rings is 1. The highest BCUT2D eigenvalue weighted by molar-refractivity contribution is 5.84. The number of carbonyl (C=O) groups is 1. The van der Waals surface area contributed by atoms with E-state index in [4.69, 9.17) is 14.2 Å². The first kappa shape index (κ1) is 19.8. The van der Waals surface area contributed by atoms with Gasteiger partial charge < -0.3 is 24.1 Å². The van der Waals surface area contributed by atoms with Crippen molar-refractivity contribution in [3.63, 3.8) is 0 Å². The van der Waals surface area contributed by atoms with Crippen LogP contribution in [0.1, 0.15) is 24.5 Å². The van der Waals surface area contributed by atoms with Gasteiger partial charge in [-0.25, -0.2) is 0 Å². The zero-order valence-corrected chi connectivity index (χ0v) is 17.1. The predicted molar refractivity (Wildman–Crippen MR) is 113 cm³/mol. The van der Waals surface area contributed by atoms with Crippen LogP contribution in [0.5, 0.6) is 17.2 Å². The molecule has 1 N–H and O–H groups in total. The van der Waals surface area contributed by atoms with E-state index in [2.05, 4.69) is 5.32 Å². The van der Waals surface area contributed by atoms with Crippen LogP contribution >= 0.6 is 0 Å². The second-order valence-corrected chi connectivity index (χ2v) is 7.25. The van der Waals surface area contributed by atoms with E-state index in [0.29, 0.717) is 30.3 Å². The first-order valence-electron chi connectivity index (χ1n) is 9.97. The summed E-state index contributed by atoms with van der Waals surface area (Å²) in [5, 5.41) is 3.83. The Bertz CT molecular complexity index is 1150. The summed E-state index contributed by atoms with van der Waals surface area (Å²) in [4.78, 5) is 24.6. The molecule has 0 aliphatic carbocycles. The molecule has 0 fully saturated rings. The molecule has 2 aromatic carbocycles. The van der Waals surface area contributed by atoms with Crippen LogP contribution in [0.4, 0.5) is 0 Å². The van der Waals surface area contributed by atoms with Crippen LogP contribution < -0.4 is 25.1 Å². The fourth-order valence-corrected chi connectivity index (χ4v) is 3.52. The van der Waals surface area contributed by atoms with Gasteiger partial charge in [0.05, 0.1) is 5.52 Å². The van der Waals surface area contributed by atoms with Gasteiger partial charge in [0.25, 0.3) is 11.5 Å². The number of nitrogens with zero attached hydrogens (tertiary/aromatic N) is 1. The monoisotopic (exact) mass is 408 g/mol. The van der Waals surface area contributed by atoms with E-state index in [1.165, 1.54) is 0 Å². The van der Waals surface area contributed by atoms with Crippen molar-refractivity contribution in [1.29, 1.82) is 0 Å². The van der Waals surface area contributed by atoms with E-state index in [9.17, 15) is 9.59 Å². The van der Waals surface area contributed by atoms with Crippen molar-refractivity contribution in [3.05, 3.63) is 63.9 Å². The van der Waals surface area contributed by atoms with Crippen molar-refractivity contribution in [2.75, 3.05) is 13.4 Å². The molecule has 1 amide bonds. The number of amides is 1. The maximum absolute atomic E-state index is 12.4. The average molecular weight is 408 g/mol. The quantitative estimate of drug-likeness (QED) is 0.650. The topological polar surface area (TPSA) is 78.8 Å². The second kappa shape index (κ2) is 8.49. The van der Waals surface area contributed by atoms with Crippen molar-refractivity contribution in [1.82, 2.24) is 9.88 Å². The van der Waals surface area contributed by atoms with E-state index in [-0.39, 0.29) is 24.9 Å². The predicted octanol–water partition coefficient (Wildman–Crippen LogP) is 3.14. The number of aromatic nitrogens is 1. The molecule has 0 saturated heterocycles. The Kier molecular flexibility index (Phi) is 5.61. The number of fused-ring (bicyclic) bond motifs is 2. The lowest BCUT2D eigenvalue weighted by atomic mass is 10.1. The van der Waals surface area contributed by atoms with Gasteiger partial charge in [0.2, 0.25) is 6.79 Å². The Hall–Kier alpha value is -3.48. The molecule has 0 unspecified atom stereocenters. The van der Waals surface area contributed by atoms with Gasteiger partial charge in [-0.1, -0.05) is 13.0 Å². The minimum absolute atomic E-state index is 0.0273. The van der Waals surface area contributed by atoms with Crippen molar-refractivity contribution in [3.8, 4) is 17.2 Å². The fourth-order valence-electron chi connectivity index (χ4n) is 3.52. The Morgan fingerprint density at radius 3 is 2.80 bits per heavy atom. The van der Waals surface area contributed by atoms with Crippen molar-refractivity contribution in [2.24, 2.45) is 0 Å². The molecule has 30 heavy (non-hydrogen) atoms. The third-order valence-electron chi connectivity index (χ3n) is 5.03.